The second kappa shape index (κ2) is 7.00. The predicted molar refractivity (Wildman–Crippen MR) is 80.6 cm³/mol. The Hall–Kier alpha value is -2.47. The normalized spacial score (nSPS) is 11.6. The molecule has 0 aliphatic carbocycles. The third-order valence-electron chi connectivity index (χ3n) is 2.88. The van der Waals surface area contributed by atoms with Crippen molar-refractivity contribution in [3.05, 3.63) is 52.9 Å². The maximum atomic E-state index is 11.9. The molecule has 1 heterocycles. The number of hydrogen-bond donors (Lipinski definition) is 2. The molecule has 0 unspecified atom stereocenters. The number of benzene rings is 1. The number of rotatable bonds is 4. The van der Waals surface area contributed by atoms with Crippen LogP contribution in [-0.4, -0.2) is 17.9 Å². The molecule has 0 aliphatic heterocycles. The summed E-state index contributed by atoms with van der Waals surface area (Å²) in [5.74, 6) is -0.0221. The number of aryl methyl sites for hydroxylation is 1. The summed E-state index contributed by atoms with van der Waals surface area (Å²) in [6.45, 7) is 3.22. The Labute approximate surface area is 132 Å². The Morgan fingerprint density at radius 2 is 2.05 bits per heavy atom. The van der Waals surface area contributed by atoms with Gasteiger partial charge in [-0.15, -0.1) is 0 Å². The van der Waals surface area contributed by atoms with Crippen molar-refractivity contribution >= 4 is 23.4 Å². The molecule has 0 spiro atoms. The second-order valence-corrected chi connectivity index (χ2v) is 4.99. The van der Waals surface area contributed by atoms with Crippen LogP contribution in [0.5, 0.6) is 5.75 Å². The topological polar surface area (TPSA) is 80.6 Å². The zero-order valence-corrected chi connectivity index (χ0v) is 12.8. The van der Waals surface area contributed by atoms with E-state index in [0.29, 0.717) is 22.1 Å². The van der Waals surface area contributed by atoms with Crippen molar-refractivity contribution in [3.63, 3.8) is 0 Å². The summed E-state index contributed by atoms with van der Waals surface area (Å²) in [6.07, 6.45) is 0.598. The molecule has 116 valence electrons. The van der Waals surface area contributed by atoms with Gasteiger partial charge in [-0.2, -0.15) is 0 Å². The molecule has 2 aromatic rings. The summed E-state index contributed by atoms with van der Waals surface area (Å²) in [5, 5.41) is 0.508. The maximum Gasteiger partial charge on any atom is 0.279 e. The number of carbonyl (C=O) groups excluding carboxylic acids is 2. The number of carbonyl (C=O) groups is 2. The van der Waals surface area contributed by atoms with Crippen molar-refractivity contribution in [2.45, 2.75) is 20.0 Å². The molecule has 7 heteroatoms. The molecule has 0 radical (unpaired) electrons. The first-order valence-electron chi connectivity index (χ1n) is 6.54. The molecule has 22 heavy (non-hydrogen) atoms. The molecular weight excluding hydrogens is 308 g/mol. The number of amides is 2. The van der Waals surface area contributed by atoms with E-state index < -0.39 is 17.9 Å². The van der Waals surface area contributed by atoms with Crippen LogP contribution < -0.4 is 15.6 Å². The zero-order valence-electron chi connectivity index (χ0n) is 12.1. The fourth-order valence-corrected chi connectivity index (χ4v) is 1.89. The highest BCUT2D eigenvalue weighted by molar-refractivity contribution is 6.30. The van der Waals surface area contributed by atoms with Crippen LogP contribution in [0.3, 0.4) is 0 Å². The Balaban J connectivity index is 1.86. The van der Waals surface area contributed by atoms with Crippen LogP contribution in [0.2, 0.25) is 5.02 Å². The molecule has 0 aliphatic rings. The van der Waals surface area contributed by atoms with Crippen LogP contribution in [0.1, 0.15) is 23.0 Å². The van der Waals surface area contributed by atoms with Gasteiger partial charge in [-0.1, -0.05) is 17.7 Å². The number of ether oxygens (including phenoxy) is 1. The highest BCUT2D eigenvalue weighted by Crippen LogP contribution is 2.18. The van der Waals surface area contributed by atoms with Crippen molar-refractivity contribution in [1.29, 1.82) is 0 Å². The quantitative estimate of drug-likeness (QED) is 0.847. The number of furan rings is 1. The Morgan fingerprint density at radius 1 is 1.27 bits per heavy atom. The van der Waals surface area contributed by atoms with E-state index in [0.717, 1.165) is 0 Å². The number of halogens is 1. The highest BCUT2D eigenvalue weighted by Gasteiger charge is 2.17. The minimum absolute atomic E-state index is 0.351. The minimum atomic E-state index is -0.802. The fraction of sp³-hybridized carbons (Fsp3) is 0.200. The largest absolute Gasteiger partial charge is 0.481 e. The van der Waals surface area contributed by atoms with E-state index in [1.165, 1.54) is 12.3 Å². The third kappa shape index (κ3) is 4.02. The van der Waals surface area contributed by atoms with Gasteiger partial charge in [-0.05, 0) is 38.1 Å². The summed E-state index contributed by atoms with van der Waals surface area (Å²) >= 11 is 5.84. The molecule has 0 saturated carbocycles. The average molecular weight is 323 g/mol. The van der Waals surface area contributed by atoms with Crippen LogP contribution in [0.15, 0.2) is 41.0 Å². The van der Waals surface area contributed by atoms with Crippen LogP contribution in [0.25, 0.3) is 0 Å². The lowest BCUT2D eigenvalue weighted by Gasteiger charge is -2.15. The van der Waals surface area contributed by atoms with E-state index in [1.54, 1.807) is 38.1 Å². The Kier molecular flexibility index (Phi) is 5.06. The predicted octanol–water partition coefficient (Wildman–Crippen LogP) is 2.47. The first-order valence-corrected chi connectivity index (χ1v) is 6.91. The summed E-state index contributed by atoms with van der Waals surface area (Å²) < 4.78 is 10.5. The first-order chi connectivity index (χ1) is 10.5. The molecule has 0 saturated heterocycles. The lowest BCUT2D eigenvalue weighted by Crippen LogP contribution is -2.47. The molecule has 0 fully saturated rings. The standard InChI is InChI=1S/C15H15ClN2O4/c1-9-13(6-7-21-9)15(20)18-17-14(19)10(2)22-12-5-3-4-11(16)8-12/h3-8,10H,1-2H3,(H,17,19)(H,18,20)/t10-/m1/s1. The number of nitrogens with one attached hydrogen (secondary N) is 2. The summed E-state index contributed by atoms with van der Waals surface area (Å²) in [4.78, 5) is 23.7. The number of hydrogen-bond acceptors (Lipinski definition) is 4. The molecule has 1 atom stereocenters. The second-order valence-electron chi connectivity index (χ2n) is 4.55. The van der Waals surface area contributed by atoms with Gasteiger partial charge in [0.15, 0.2) is 6.10 Å². The summed E-state index contributed by atoms with van der Waals surface area (Å²) in [7, 11) is 0. The lowest BCUT2D eigenvalue weighted by atomic mass is 10.2. The van der Waals surface area contributed by atoms with Crippen molar-refractivity contribution < 1.29 is 18.7 Å². The van der Waals surface area contributed by atoms with Crippen molar-refractivity contribution in [2.24, 2.45) is 0 Å². The fourth-order valence-electron chi connectivity index (χ4n) is 1.71. The van der Waals surface area contributed by atoms with Gasteiger partial charge in [-0.25, -0.2) is 0 Å². The third-order valence-corrected chi connectivity index (χ3v) is 3.12. The van der Waals surface area contributed by atoms with Crippen molar-refractivity contribution in [1.82, 2.24) is 10.9 Å². The maximum absolute atomic E-state index is 11.9. The smallest absolute Gasteiger partial charge is 0.279 e. The first kappa shape index (κ1) is 15.9. The van der Waals surface area contributed by atoms with Crippen LogP contribution in [-0.2, 0) is 4.79 Å². The molecule has 1 aromatic heterocycles. The van der Waals surface area contributed by atoms with Crippen LogP contribution >= 0.6 is 11.6 Å². The average Bonchev–Trinajstić information content (AvgIpc) is 2.90. The molecule has 1 aromatic carbocycles. The SMILES string of the molecule is Cc1occc1C(=O)NNC(=O)[C@@H](C)Oc1cccc(Cl)c1. The van der Waals surface area contributed by atoms with Gasteiger partial charge >= 0.3 is 0 Å². The van der Waals surface area contributed by atoms with Gasteiger partial charge in [0.05, 0.1) is 11.8 Å². The Morgan fingerprint density at radius 3 is 2.68 bits per heavy atom. The number of hydrazine groups is 1. The van der Waals surface area contributed by atoms with Crippen LogP contribution in [0.4, 0.5) is 0 Å². The highest BCUT2D eigenvalue weighted by atomic mass is 35.5. The lowest BCUT2D eigenvalue weighted by molar-refractivity contribution is -0.128. The van der Waals surface area contributed by atoms with E-state index in [-0.39, 0.29) is 0 Å². The molecular formula is C15H15ClN2O4. The monoisotopic (exact) mass is 322 g/mol. The van der Waals surface area contributed by atoms with Gasteiger partial charge in [-0.3, -0.25) is 20.4 Å². The molecule has 2 N–H and O–H groups in total. The van der Waals surface area contributed by atoms with E-state index in [1.807, 2.05) is 0 Å². The molecule has 2 amide bonds. The van der Waals surface area contributed by atoms with Crippen molar-refractivity contribution in [2.75, 3.05) is 0 Å². The zero-order chi connectivity index (χ0) is 16.1. The van der Waals surface area contributed by atoms with Gasteiger partial charge < -0.3 is 9.15 Å². The van der Waals surface area contributed by atoms with E-state index in [2.05, 4.69) is 10.9 Å². The molecule has 0 bridgehead atoms. The molecule has 2 rings (SSSR count). The van der Waals surface area contributed by atoms with Gasteiger partial charge in [0.2, 0.25) is 0 Å². The van der Waals surface area contributed by atoms with Gasteiger partial charge in [0.25, 0.3) is 11.8 Å². The van der Waals surface area contributed by atoms with E-state index in [9.17, 15) is 9.59 Å². The summed E-state index contributed by atoms with van der Waals surface area (Å²) in [6, 6.07) is 8.21. The molecule has 6 nitrogen and oxygen atoms in total. The van der Waals surface area contributed by atoms with Gasteiger partial charge in [0.1, 0.15) is 11.5 Å². The minimum Gasteiger partial charge on any atom is -0.481 e. The van der Waals surface area contributed by atoms with Crippen LogP contribution in [0, 0.1) is 6.92 Å². The van der Waals surface area contributed by atoms with Gasteiger partial charge in [0, 0.05) is 5.02 Å². The van der Waals surface area contributed by atoms with E-state index >= 15 is 0 Å². The van der Waals surface area contributed by atoms with Crippen molar-refractivity contribution in [3.8, 4) is 5.75 Å². The summed E-state index contributed by atoms with van der Waals surface area (Å²) in [5.41, 5.74) is 4.94. The van der Waals surface area contributed by atoms with E-state index in [4.69, 9.17) is 20.8 Å². The Bertz CT molecular complexity index is 684.